The molecule has 0 saturated heterocycles. The number of carboxylic acids is 1. The Labute approximate surface area is 72.5 Å². The second-order valence-electron chi connectivity index (χ2n) is 1.47. The topological polar surface area (TPSA) is 66.8 Å². The first-order valence-electron chi connectivity index (χ1n) is 2.59. The normalized spacial score (nSPS) is 9.18. The third kappa shape index (κ3) is 7.57. The first kappa shape index (κ1) is 10.7. The molecule has 11 heavy (non-hydrogen) atoms. The molecular formula is C5H8O4S2. The Bertz CT molecular complexity index is 147. The highest BCUT2D eigenvalue weighted by atomic mass is 32.2. The van der Waals surface area contributed by atoms with Crippen molar-refractivity contribution < 1.29 is 20.0 Å². The first-order valence-corrected chi connectivity index (χ1v) is 4.73. The SMILES string of the molecule is C=C(OO)SCSCC(=O)O. The Morgan fingerprint density at radius 3 is 2.73 bits per heavy atom. The van der Waals surface area contributed by atoms with Gasteiger partial charge in [0.2, 0.25) is 0 Å². The van der Waals surface area contributed by atoms with Crippen LogP contribution in [0, 0.1) is 0 Å². The van der Waals surface area contributed by atoms with E-state index >= 15 is 0 Å². The second kappa shape index (κ2) is 6.38. The fraction of sp³-hybridized carbons (Fsp3) is 0.400. The lowest BCUT2D eigenvalue weighted by atomic mass is 10.8. The van der Waals surface area contributed by atoms with Crippen molar-refractivity contribution in [3.63, 3.8) is 0 Å². The van der Waals surface area contributed by atoms with Gasteiger partial charge in [-0.25, -0.2) is 5.26 Å². The Hall–Kier alpha value is -0.330. The number of hydrogen-bond donors (Lipinski definition) is 2. The minimum absolute atomic E-state index is 0.0473. The maximum atomic E-state index is 9.98. The number of hydrogen-bond acceptors (Lipinski definition) is 5. The maximum Gasteiger partial charge on any atom is 0.313 e. The summed E-state index contributed by atoms with van der Waals surface area (Å²) >= 11 is 2.37. The summed E-state index contributed by atoms with van der Waals surface area (Å²) in [6, 6.07) is 0. The standard InChI is InChI=1S/C5H8O4S2/c1-4(9-8)11-3-10-2-5(6)7/h8H,1-3H2,(H,6,7). The van der Waals surface area contributed by atoms with Crippen LogP contribution in [0.4, 0.5) is 0 Å². The lowest BCUT2D eigenvalue weighted by Gasteiger charge is -1.98. The van der Waals surface area contributed by atoms with Crippen molar-refractivity contribution in [3.05, 3.63) is 11.7 Å². The van der Waals surface area contributed by atoms with Gasteiger partial charge in [-0.3, -0.25) is 4.79 Å². The van der Waals surface area contributed by atoms with Gasteiger partial charge in [0, 0.05) is 5.08 Å². The zero-order valence-corrected chi connectivity index (χ0v) is 7.28. The Balaban J connectivity index is 3.14. The van der Waals surface area contributed by atoms with E-state index in [0.29, 0.717) is 5.08 Å². The summed E-state index contributed by atoms with van der Waals surface area (Å²) in [7, 11) is 0. The molecule has 0 rings (SSSR count). The van der Waals surface area contributed by atoms with Gasteiger partial charge in [-0.15, -0.1) is 11.8 Å². The predicted octanol–water partition coefficient (Wildman–Crippen LogP) is 1.46. The lowest BCUT2D eigenvalue weighted by molar-refractivity contribution is -0.191. The smallest absolute Gasteiger partial charge is 0.313 e. The van der Waals surface area contributed by atoms with Gasteiger partial charge in [-0.05, 0) is 6.58 Å². The van der Waals surface area contributed by atoms with Crippen LogP contribution in [-0.2, 0) is 9.68 Å². The van der Waals surface area contributed by atoms with Gasteiger partial charge in [0.05, 0.1) is 5.75 Å². The summed E-state index contributed by atoms with van der Waals surface area (Å²) < 4.78 is 0. The highest BCUT2D eigenvalue weighted by Gasteiger charge is 1.98. The molecule has 0 aliphatic rings. The molecular weight excluding hydrogens is 188 g/mol. The molecule has 0 atom stereocenters. The van der Waals surface area contributed by atoms with Gasteiger partial charge in [-0.1, -0.05) is 11.8 Å². The van der Waals surface area contributed by atoms with Crippen molar-refractivity contribution in [2.24, 2.45) is 0 Å². The second-order valence-corrected chi connectivity index (χ2v) is 3.85. The summed E-state index contributed by atoms with van der Waals surface area (Å²) in [6.45, 7) is 3.32. The third-order valence-electron chi connectivity index (χ3n) is 0.631. The van der Waals surface area contributed by atoms with E-state index in [1.165, 1.54) is 11.8 Å². The zero-order chi connectivity index (χ0) is 8.69. The van der Waals surface area contributed by atoms with Crippen molar-refractivity contribution >= 4 is 29.5 Å². The molecule has 0 saturated carbocycles. The van der Waals surface area contributed by atoms with Crippen LogP contribution in [0.15, 0.2) is 11.7 Å². The van der Waals surface area contributed by atoms with E-state index in [1.54, 1.807) is 0 Å². The number of carboxylic acid groups (broad SMARTS) is 1. The van der Waals surface area contributed by atoms with Crippen molar-refractivity contribution in [2.45, 2.75) is 0 Å². The summed E-state index contributed by atoms with van der Waals surface area (Å²) in [5.41, 5.74) is 0. The van der Waals surface area contributed by atoms with Crippen molar-refractivity contribution in [1.29, 1.82) is 0 Å². The van der Waals surface area contributed by atoms with Gasteiger partial charge in [0.15, 0.2) is 5.09 Å². The molecule has 0 spiro atoms. The van der Waals surface area contributed by atoms with Crippen molar-refractivity contribution in [3.8, 4) is 0 Å². The molecule has 0 radical (unpaired) electrons. The summed E-state index contributed by atoms with van der Waals surface area (Å²) in [4.78, 5) is 13.7. The lowest BCUT2D eigenvalue weighted by Crippen LogP contribution is -1.97. The average Bonchev–Trinajstić information content (AvgIpc) is 1.97. The van der Waals surface area contributed by atoms with Gasteiger partial charge in [0.25, 0.3) is 0 Å². The molecule has 0 heterocycles. The van der Waals surface area contributed by atoms with E-state index in [9.17, 15) is 4.79 Å². The average molecular weight is 196 g/mol. The number of carbonyl (C=O) groups is 1. The summed E-state index contributed by atoms with van der Waals surface area (Å²) in [6.07, 6.45) is 0. The molecule has 0 aromatic rings. The molecule has 0 unspecified atom stereocenters. The summed E-state index contributed by atoms with van der Waals surface area (Å²) in [5, 5.41) is 16.9. The highest BCUT2D eigenvalue weighted by molar-refractivity contribution is 8.17. The Kier molecular flexibility index (Phi) is 6.19. The van der Waals surface area contributed by atoms with E-state index in [4.69, 9.17) is 10.4 Å². The molecule has 0 aromatic carbocycles. The minimum Gasteiger partial charge on any atom is -0.481 e. The van der Waals surface area contributed by atoms with E-state index in [2.05, 4.69) is 11.5 Å². The molecule has 0 aliphatic carbocycles. The van der Waals surface area contributed by atoms with E-state index in [1.807, 2.05) is 0 Å². The van der Waals surface area contributed by atoms with Crippen LogP contribution in [-0.4, -0.2) is 27.2 Å². The molecule has 6 heteroatoms. The van der Waals surface area contributed by atoms with Crippen LogP contribution in [0.2, 0.25) is 0 Å². The molecule has 0 bridgehead atoms. The van der Waals surface area contributed by atoms with Crippen LogP contribution >= 0.6 is 23.5 Å². The molecule has 4 nitrogen and oxygen atoms in total. The van der Waals surface area contributed by atoms with Crippen LogP contribution in [0.1, 0.15) is 0 Å². The highest BCUT2D eigenvalue weighted by Crippen LogP contribution is 2.19. The largest absolute Gasteiger partial charge is 0.481 e. The van der Waals surface area contributed by atoms with Gasteiger partial charge in [-0.2, -0.15) is 0 Å². The third-order valence-corrected chi connectivity index (χ3v) is 2.62. The number of rotatable bonds is 6. The van der Waals surface area contributed by atoms with E-state index < -0.39 is 5.97 Å². The molecule has 0 aliphatic heterocycles. The Morgan fingerprint density at radius 1 is 1.64 bits per heavy atom. The van der Waals surface area contributed by atoms with Crippen LogP contribution in [0.3, 0.4) is 0 Å². The Morgan fingerprint density at radius 2 is 2.27 bits per heavy atom. The van der Waals surface area contributed by atoms with Gasteiger partial charge >= 0.3 is 5.97 Å². The number of aliphatic carboxylic acids is 1. The summed E-state index contributed by atoms with van der Waals surface area (Å²) in [5.74, 6) is -0.808. The van der Waals surface area contributed by atoms with E-state index in [-0.39, 0.29) is 10.8 Å². The van der Waals surface area contributed by atoms with Crippen LogP contribution in [0.5, 0.6) is 0 Å². The monoisotopic (exact) mass is 196 g/mol. The van der Waals surface area contributed by atoms with Crippen LogP contribution in [0.25, 0.3) is 0 Å². The number of thioether (sulfide) groups is 2. The molecule has 0 fully saturated rings. The zero-order valence-electron chi connectivity index (χ0n) is 5.65. The van der Waals surface area contributed by atoms with E-state index in [0.717, 1.165) is 11.8 Å². The predicted molar refractivity (Wildman–Crippen MR) is 45.4 cm³/mol. The maximum absolute atomic E-state index is 9.98. The van der Waals surface area contributed by atoms with Gasteiger partial charge < -0.3 is 9.99 Å². The quantitative estimate of drug-likeness (QED) is 0.220. The van der Waals surface area contributed by atoms with Crippen molar-refractivity contribution in [2.75, 3.05) is 10.8 Å². The van der Waals surface area contributed by atoms with Crippen molar-refractivity contribution in [1.82, 2.24) is 0 Å². The minimum atomic E-state index is -0.855. The fourth-order valence-corrected chi connectivity index (χ4v) is 1.68. The molecule has 0 aromatic heterocycles. The van der Waals surface area contributed by atoms with Gasteiger partial charge in [0.1, 0.15) is 0 Å². The first-order chi connectivity index (χ1) is 5.16. The molecule has 64 valence electrons. The molecule has 0 amide bonds. The molecule has 2 N–H and O–H groups in total. The van der Waals surface area contributed by atoms with Crippen LogP contribution < -0.4 is 0 Å². The fourth-order valence-electron chi connectivity index (χ4n) is 0.263.